The second kappa shape index (κ2) is 13.7. The Hall–Kier alpha value is -7.22. The van der Waals surface area contributed by atoms with Crippen LogP contribution in [0.25, 0.3) is 44.5 Å². The molecular weight excluding hydrogens is 711 g/mol. The van der Waals surface area contributed by atoms with Gasteiger partial charge in [-0.05, 0) is 109 Å². The van der Waals surface area contributed by atoms with E-state index in [9.17, 15) is 0 Å². The van der Waals surface area contributed by atoms with Gasteiger partial charge >= 0.3 is 0 Å². The number of fused-ring (bicyclic) bond motifs is 6. The summed E-state index contributed by atoms with van der Waals surface area (Å²) < 4.78 is 0. The summed E-state index contributed by atoms with van der Waals surface area (Å²) in [4.78, 5) is 2.53. The van der Waals surface area contributed by atoms with Crippen LogP contribution >= 0.6 is 0 Å². The van der Waals surface area contributed by atoms with E-state index < -0.39 is 5.41 Å². The molecule has 1 heteroatoms. The van der Waals surface area contributed by atoms with Crippen molar-refractivity contribution in [3.05, 3.63) is 258 Å². The first-order valence-corrected chi connectivity index (χ1v) is 20.7. The largest absolute Gasteiger partial charge is 0.310 e. The van der Waals surface area contributed by atoms with Gasteiger partial charge in [0.15, 0.2) is 0 Å². The quantitative estimate of drug-likeness (QED) is 0.157. The summed E-state index contributed by atoms with van der Waals surface area (Å²) in [5.74, 6) is 0. The fourth-order valence-electron chi connectivity index (χ4n) is 10.2. The minimum Gasteiger partial charge on any atom is -0.310 e. The van der Waals surface area contributed by atoms with Gasteiger partial charge in [-0.15, -0.1) is 0 Å². The molecule has 0 atom stereocenters. The van der Waals surface area contributed by atoms with Gasteiger partial charge in [0.2, 0.25) is 0 Å². The van der Waals surface area contributed by atoms with E-state index in [1.165, 1.54) is 77.9 Å². The number of rotatable bonds is 7. The highest BCUT2D eigenvalue weighted by Gasteiger charge is 2.46. The van der Waals surface area contributed by atoms with Crippen LogP contribution in [0.15, 0.2) is 224 Å². The first-order chi connectivity index (χ1) is 29.0. The van der Waals surface area contributed by atoms with Crippen molar-refractivity contribution in [3.63, 3.8) is 0 Å². The van der Waals surface area contributed by atoms with E-state index in [-0.39, 0.29) is 5.41 Å². The molecule has 0 saturated heterocycles. The van der Waals surface area contributed by atoms with Gasteiger partial charge in [0.05, 0.1) is 11.1 Å². The van der Waals surface area contributed by atoms with E-state index in [1.807, 2.05) is 0 Å². The van der Waals surface area contributed by atoms with Gasteiger partial charge in [0.25, 0.3) is 0 Å². The van der Waals surface area contributed by atoms with Crippen LogP contribution in [-0.4, -0.2) is 0 Å². The Labute approximate surface area is 347 Å². The third-order valence-corrected chi connectivity index (χ3v) is 12.9. The monoisotopic (exact) mass is 753 g/mol. The minimum atomic E-state index is -0.522. The number of hydrogen-bond acceptors (Lipinski definition) is 1. The predicted molar refractivity (Wildman–Crippen MR) is 247 cm³/mol. The van der Waals surface area contributed by atoms with Crippen molar-refractivity contribution in [2.24, 2.45) is 0 Å². The Bertz CT molecular complexity index is 2960. The van der Waals surface area contributed by atoms with Crippen molar-refractivity contribution in [2.45, 2.75) is 24.7 Å². The first-order valence-electron chi connectivity index (χ1n) is 20.7. The molecule has 0 N–H and O–H groups in total. The molecule has 59 heavy (non-hydrogen) atoms. The normalized spacial score (nSPS) is 13.9. The molecule has 9 aromatic rings. The van der Waals surface area contributed by atoms with Crippen LogP contribution in [-0.2, 0) is 10.8 Å². The molecule has 0 amide bonds. The van der Waals surface area contributed by atoms with Crippen molar-refractivity contribution >= 4 is 17.1 Å². The summed E-state index contributed by atoms with van der Waals surface area (Å²) in [6, 6.07) is 83.1. The third-order valence-electron chi connectivity index (χ3n) is 12.9. The molecule has 2 aliphatic rings. The van der Waals surface area contributed by atoms with Crippen molar-refractivity contribution in [1.82, 2.24) is 0 Å². The SMILES string of the molecule is CC1(C)c2ccccc2-c2cc(-c3ccccc3)c(N(c3cccc(-c4ccccc4)c3)c3ccc4c(c3)C(c3ccccc3)(c3ccccc3)c3ccccc3-4)cc21. The van der Waals surface area contributed by atoms with Crippen LogP contribution in [0.2, 0.25) is 0 Å². The summed E-state index contributed by atoms with van der Waals surface area (Å²) in [6.45, 7) is 4.76. The highest BCUT2D eigenvalue weighted by Crippen LogP contribution is 2.58. The Kier molecular flexibility index (Phi) is 8.13. The lowest BCUT2D eigenvalue weighted by Gasteiger charge is -2.35. The van der Waals surface area contributed by atoms with Crippen molar-refractivity contribution in [3.8, 4) is 44.5 Å². The number of nitrogens with zero attached hydrogens (tertiary/aromatic N) is 1. The third kappa shape index (κ3) is 5.39. The second-order valence-electron chi connectivity index (χ2n) is 16.5. The van der Waals surface area contributed by atoms with E-state index >= 15 is 0 Å². The zero-order chi connectivity index (χ0) is 39.6. The molecule has 0 aliphatic heterocycles. The number of anilines is 3. The smallest absolute Gasteiger partial charge is 0.0714 e. The van der Waals surface area contributed by atoms with Gasteiger partial charge in [-0.25, -0.2) is 0 Å². The summed E-state index contributed by atoms with van der Waals surface area (Å²) in [7, 11) is 0. The highest BCUT2D eigenvalue weighted by molar-refractivity contribution is 5.96. The van der Waals surface area contributed by atoms with Gasteiger partial charge in [0.1, 0.15) is 0 Å². The second-order valence-corrected chi connectivity index (χ2v) is 16.5. The molecule has 0 aromatic heterocycles. The lowest BCUT2D eigenvalue weighted by molar-refractivity contribution is 0.660. The summed E-state index contributed by atoms with van der Waals surface area (Å²) in [6.07, 6.45) is 0. The fraction of sp³-hybridized carbons (Fsp3) is 0.0690. The number of hydrogen-bond donors (Lipinski definition) is 0. The molecule has 0 unspecified atom stereocenters. The Morgan fingerprint density at radius 2 is 0.814 bits per heavy atom. The number of benzene rings is 9. The van der Waals surface area contributed by atoms with Gasteiger partial charge in [-0.3, -0.25) is 0 Å². The molecule has 0 saturated carbocycles. The molecule has 1 nitrogen and oxygen atoms in total. The topological polar surface area (TPSA) is 3.24 Å². The van der Waals surface area contributed by atoms with E-state index in [2.05, 4.69) is 243 Å². The minimum absolute atomic E-state index is 0.178. The molecule has 0 radical (unpaired) electrons. The molecule has 11 rings (SSSR count). The van der Waals surface area contributed by atoms with Crippen molar-refractivity contribution in [1.29, 1.82) is 0 Å². The van der Waals surface area contributed by atoms with Crippen LogP contribution in [0.1, 0.15) is 47.2 Å². The average Bonchev–Trinajstić information content (AvgIpc) is 3.72. The molecule has 2 aliphatic carbocycles. The zero-order valence-corrected chi connectivity index (χ0v) is 33.3. The van der Waals surface area contributed by atoms with E-state index in [1.54, 1.807) is 0 Å². The Morgan fingerprint density at radius 3 is 1.47 bits per heavy atom. The van der Waals surface area contributed by atoms with Crippen LogP contribution in [0, 0.1) is 0 Å². The summed E-state index contributed by atoms with van der Waals surface area (Å²) in [5, 5.41) is 0. The van der Waals surface area contributed by atoms with E-state index in [0.29, 0.717) is 0 Å². The molecule has 0 heterocycles. The molecule has 0 spiro atoms. The van der Waals surface area contributed by atoms with E-state index in [4.69, 9.17) is 0 Å². The summed E-state index contributed by atoms with van der Waals surface area (Å²) >= 11 is 0. The standard InChI is InChI=1S/C58H43N/c1-57(2)52-32-17-15-31-48(52)51-38-50(41-22-9-4-10-23-41)56(39-54(51)57)59(45-29-19-24-42(36-45)40-20-7-3-8-21-40)46-34-35-49-47-30-16-18-33-53(47)58(55(49)37-46,43-25-11-5-12-26-43)44-27-13-6-14-28-44/h3-39H,1-2H3. The fourth-order valence-corrected chi connectivity index (χ4v) is 10.2. The van der Waals surface area contributed by atoms with Crippen LogP contribution in [0.5, 0.6) is 0 Å². The van der Waals surface area contributed by atoms with Crippen LogP contribution in [0.4, 0.5) is 17.1 Å². The lowest BCUT2D eigenvalue weighted by Crippen LogP contribution is -2.28. The maximum absolute atomic E-state index is 2.53. The predicted octanol–water partition coefficient (Wildman–Crippen LogP) is 15.2. The molecular formula is C58H43N. The van der Waals surface area contributed by atoms with Gasteiger partial charge in [-0.1, -0.05) is 202 Å². The van der Waals surface area contributed by atoms with Crippen molar-refractivity contribution < 1.29 is 0 Å². The van der Waals surface area contributed by atoms with Gasteiger partial charge < -0.3 is 4.90 Å². The van der Waals surface area contributed by atoms with Crippen molar-refractivity contribution in [2.75, 3.05) is 4.90 Å². The molecule has 9 aromatic carbocycles. The molecule has 0 bridgehead atoms. The van der Waals surface area contributed by atoms with Crippen LogP contribution in [0.3, 0.4) is 0 Å². The molecule has 0 fully saturated rings. The average molecular weight is 754 g/mol. The lowest BCUT2D eigenvalue weighted by atomic mass is 9.67. The van der Waals surface area contributed by atoms with Crippen LogP contribution < -0.4 is 4.90 Å². The van der Waals surface area contributed by atoms with Gasteiger partial charge in [-0.2, -0.15) is 0 Å². The first kappa shape index (κ1) is 35.0. The Morgan fingerprint density at radius 1 is 0.305 bits per heavy atom. The summed E-state index contributed by atoms with van der Waals surface area (Å²) in [5.41, 5.74) is 20.4. The van der Waals surface area contributed by atoms with Gasteiger partial charge in [0, 0.05) is 22.4 Å². The maximum atomic E-state index is 2.53. The molecule has 280 valence electrons. The maximum Gasteiger partial charge on any atom is 0.0714 e. The zero-order valence-electron chi connectivity index (χ0n) is 33.3. The highest BCUT2D eigenvalue weighted by atomic mass is 15.1. The van der Waals surface area contributed by atoms with E-state index in [0.717, 1.165) is 17.1 Å². The Balaban J connectivity index is 1.23.